The summed E-state index contributed by atoms with van der Waals surface area (Å²) in [6.07, 6.45) is 3.92. The molecule has 0 atom stereocenters. The van der Waals surface area contributed by atoms with Gasteiger partial charge in [-0.25, -0.2) is 4.39 Å². The number of carbonyl (C=O) groups is 1. The first-order chi connectivity index (χ1) is 14.1. The van der Waals surface area contributed by atoms with Crippen molar-refractivity contribution in [2.24, 2.45) is 0 Å². The van der Waals surface area contributed by atoms with Crippen LogP contribution < -0.4 is 4.74 Å². The van der Waals surface area contributed by atoms with E-state index < -0.39 is 0 Å². The quantitative estimate of drug-likeness (QED) is 0.773. The molecule has 2 heterocycles. The number of ether oxygens (including phenoxy) is 1. The molecule has 0 radical (unpaired) electrons. The number of para-hydroxylation sites is 1. The third-order valence-electron chi connectivity index (χ3n) is 6.25. The van der Waals surface area contributed by atoms with Gasteiger partial charge in [-0.15, -0.1) is 0 Å². The second-order valence-corrected chi connectivity index (χ2v) is 8.12. The van der Waals surface area contributed by atoms with Crippen LogP contribution in [0, 0.1) is 12.7 Å². The van der Waals surface area contributed by atoms with Gasteiger partial charge in [0.2, 0.25) is 0 Å². The Morgan fingerprint density at radius 2 is 1.59 bits per heavy atom. The van der Waals surface area contributed by atoms with E-state index in [-0.39, 0.29) is 17.8 Å². The highest BCUT2D eigenvalue weighted by molar-refractivity contribution is 5.95. The molecule has 2 aromatic rings. The summed E-state index contributed by atoms with van der Waals surface area (Å²) >= 11 is 0. The molecule has 154 valence electrons. The molecular formula is C24H29FN2O2. The summed E-state index contributed by atoms with van der Waals surface area (Å²) in [4.78, 5) is 17.3. The molecule has 2 aromatic carbocycles. The van der Waals surface area contributed by atoms with E-state index >= 15 is 0 Å². The number of hydrogen-bond donors (Lipinski definition) is 0. The van der Waals surface area contributed by atoms with Crippen LogP contribution in [0.25, 0.3) is 0 Å². The first-order valence-corrected chi connectivity index (χ1v) is 10.6. The van der Waals surface area contributed by atoms with Gasteiger partial charge in [-0.2, -0.15) is 0 Å². The van der Waals surface area contributed by atoms with Gasteiger partial charge in [0.15, 0.2) is 11.6 Å². The zero-order chi connectivity index (χ0) is 20.2. The molecule has 0 bridgehead atoms. The zero-order valence-corrected chi connectivity index (χ0v) is 17.0. The summed E-state index contributed by atoms with van der Waals surface area (Å²) in [5.41, 5.74) is 1.86. The molecule has 0 saturated carbocycles. The minimum Gasteiger partial charge on any atom is -0.487 e. The second-order valence-electron chi connectivity index (χ2n) is 8.12. The molecule has 4 rings (SSSR count). The summed E-state index contributed by atoms with van der Waals surface area (Å²) in [6.45, 7) is 5.55. The summed E-state index contributed by atoms with van der Waals surface area (Å²) in [5, 5.41) is 0. The van der Waals surface area contributed by atoms with Crippen molar-refractivity contribution in [3.63, 3.8) is 0 Å². The lowest BCUT2D eigenvalue weighted by Gasteiger charge is -2.41. The van der Waals surface area contributed by atoms with E-state index in [4.69, 9.17) is 4.74 Å². The molecule has 2 saturated heterocycles. The Balaban J connectivity index is 1.25. The largest absolute Gasteiger partial charge is 0.487 e. The van der Waals surface area contributed by atoms with Crippen molar-refractivity contribution in [3.8, 4) is 5.75 Å². The van der Waals surface area contributed by atoms with Crippen LogP contribution in [0.2, 0.25) is 0 Å². The van der Waals surface area contributed by atoms with Crippen molar-refractivity contribution >= 4 is 5.91 Å². The SMILES string of the molecule is Cc1ccccc1C(=O)N1CCC(N2CCC(Oc3ccccc3F)CC2)CC1. The normalized spacial score (nSPS) is 19.3. The van der Waals surface area contributed by atoms with Crippen molar-refractivity contribution in [1.29, 1.82) is 0 Å². The van der Waals surface area contributed by atoms with Crippen molar-refractivity contribution in [2.45, 2.75) is 44.8 Å². The number of carbonyl (C=O) groups excluding carboxylic acids is 1. The highest BCUT2D eigenvalue weighted by Crippen LogP contribution is 2.26. The van der Waals surface area contributed by atoms with Crippen LogP contribution in [0.5, 0.6) is 5.75 Å². The maximum Gasteiger partial charge on any atom is 0.254 e. The maximum atomic E-state index is 13.8. The molecule has 0 aromatic heterocycles. The number of aryl methyl sites for hydroxylation is 1. The fourth-order valence-corrected chi connectivity index (χ4v) is 4.50. The molecule has 2 aliphatic rings. The number of likely N-dealkylation sites (tertiary alicyclic amines) is 2. The number of amides is 1. The molecule has 29 heavy (non-hydrogen) atoms. The Labute approximate surface area is 172 Å². The van der Waals surface area contributed by atoms with Gasteiger partial charge in [0.25, 0.3) is 5.91 Å². The molecule has 0 aliphatic carbocycles. The number of hydrogen-bond acceptors (Lipinski definition) is 3. The van der Waals surface area contributed by atoms with E-state index in [9.17, 15) is 9.18 Å². The molecule has 1 amide bonds. The summed E-state index contributed by atoms with van der Waals surface area (Å²) in [7, 11) is 0. The smallest absolute Gasteiger partial charge is 0.254 e. The second kappa shape index (κ2) is 8.95. The van der Waals surface area contributed by atoms with Crippen molar-refractivity contribution < 1.29 is 13.9 Å². The Hall–Kier alpha value is -2.40. The summed E-state index contributed by atoms with van der Waals surface area (Å²) in [6, 6.07) is 15.0. The van der Waals surface area contributed by atoms with Gasteiger partial charge in [0, 0.05) is 37.8 Å². The molecular weight excluding hydrogens is 367 g/mol. The van der Waals surface area contributed by atoms with Crippen LogP contribution in [0.3, 0.4) is 0 Å². The summed E-state index contributed by atoms with van der Waals surface area (Å²) < 4.78 is 19.7. The van der Waals surface area contributed by atoms with Crippen LogP contribution in [-0.2, 0) is 0 Å². The fourth-order valence-electron chi connectivity index (χ4n) is 4.50. The zero-order valence-electron chi connectivity index (χ0n) is 17.0. The van der Waals surface area contributed by atoms with Crippen molar-refractivity contribution in [1.82, 2.24) is 9.80 Å². The predicted molar refractivity (Wildman–Crippen MR) is 112 cm³/mol. The summed E-state index contributed by atoms with van der Waals surface area (Å²) in [5.74, 6) is 0.216. The highest BCUT2D eigenvalue weighted by Gasteiger charge is 2.30. The number of halogens is 1. The molecule has 0 N–H and O–H groups in total. The molecule has 2 fully saturated rings. The Morgan fingerprint density at radius 1 is 0.931 bits per heavy atom. The minimum absolute atomic E-state index is 0.0749. The first-order valence-electron chi connectivity index (χ1n) is 10.6. The maximum absolute atomic E-state index is 13.8. The standard InChI is InChI=1S/C24H29FN2O2/c1-18-6-2-3-7-21(18)24(28)27-14-10-19(11-15-27)26-16-12-20(13-17-26)29-23-9-5-4-8-22(23)25/h2-9,19-20H,10-17H2,1H3. The number of rotatable bonds is 4. The predicted octanol–water partition coefficient (Wildman–Crippen LogP) is 4.28. The van der Waals surface area contributed by atoms with Crippen LogP contribution in [0.4, 0.5) is 4.39 Å². The van der Waals surface area contributed by atoms with E-state index in [2.05, 4.69) is 4.90 Å². The van der Waals surface area contributed by atoms with Crippen LogP contribution in [0.15, 0.2) is 48.5 Å². The van der Waals surface area contributed by atoms with Gasteiger partial charge in [-0.05, 0) is 56.4 Å². The lowest BCUT2D eigenvalue weighted by atomic mass is 9.98. The molecule has 0 unspecified atom stereocenters. The van der Waals surface area contributed by atoms with E-state index in [1.165, 1.54) is 6.07 Å². The average molecular weight is 397 g/mol. The third-order valence-corrected chi connectivity index (χ3v) is 6.25. The fraction of sp³-hybridized carbons (Fsp3) is 0.458. The topological polar surface area (TPSA) is 32.8 Å². The van der Waals surface area contributed by atoms with Gasteiger partial charge in [0.1, 0.15) is 6.10 Å². The van der Waals surface area contributed by atoms with Gasteiger partial charge < -0.3 is 9.64 Å². The number of piperidine rings is 2. The minimum atomic E-state index is -0.291. The van der Waals surface area contributed by atoms with Gasteiger partial charge >= 0.3 is 0 Å². The van der Waals surface area contributed by atoms with E-state index in [0.29, 0.717) is 11.8 Å². The first kappa shape index (κ1) is 19.9. The van der Waals surface area contributed by atoms with Crippen LogP contribution >= 0.6 is 0 Å². The monoisotopic (exact) mass is 396 g/mol. The Morgan fingerprint density at radius 3 is 2.28 bits per heavy atom. The Bertz CT molecular complexity index is 840. The van der Waals surface area contributed by atoms with E-state index in [1.54, 1.807) is 18.2 Å². The lowest BCUT2D eigenvalue weighted by molar-refractivity contribution is 0.0416. The van der Waals surface area contributed by atoms with Crippen LogP contribution in [0.1, 0.15) is 41.6 Å². The number of benzene rings is 2. The average Bonchev–Trinajstić information content (AvgIpc) is 2.76. The number of nitrogens with zero attached hydrogens (tertiary/aromatic N) is 2. The highest BCUT2D eigenvalue weighted by atomic mass is 19.1. The van der Waals surface area contributed by atoms with Gasteiger partial charge in [-0.3, -0.25) is 9.69 Å². The molecule has 0 spiro atoms. The van der Waals surface area contributed by atoms with Crippen LogP contribution in [-0.4, -0.2) is 54.0 Å². The molecule has 2 aliphatic heterocycles. The van der Waals surface area contributed by atoms with Gasteiger partial charge in [0.05, 0.1) is 0 Å². The Kier molecular flexibility index (Phi) is 6.14. The van der Waals surface area contributed by atoms with E-state index in [1.807, 2.05) is 36.1 Å². The van der Waals surface area contributed by atoms with Crippen molar-refractivity contribution in [2.75, 3.05) is 26.2 Å². The lowest BCUT2D eigenvalue weighted by Crippen LogP contribution is -2.50. The van der Waals surface area contributed by atoms with Gasteiger partial charge in [-0.1, -0.05) is 30.3 Å². The molecule has 5 heteroatoms. The third kappa shape index (κ3) is 4.61. The van der Waals surface area contributed by atoms with Crippen molar-refractivity contribution in [3.05, 3.63) is 65.5 Å². The van der Waals surface area contributed by atoms with E-state index in [0.717, 1.165) is 63.0 Å². The molecule has 4 nitrogen and oxygen atoms in total.